The zero-order valence-corrected chi connectivity index (χ0v) is 12.0. The number of hydrogen-bond acceptors (Lipinski definition) is 3. The molecule has 1 aromatic heterocycles. The van der Waals surface area contributed by atoms with Crippen molar-refractivity contribution in [2.75, 3.05) is 13.1 Å². The van der Waals surface area contributed by atoms with E-state index in [2.05, 4.69) is 0 Å². The van der Waals surface area contributed by atoms with E-state index in [1.54, 1.807) is 23.1 Å². The molecule has 1 N–H and O–H groups in total. The lowest BCUT2D eigenvalue weighted by molar-refractivity contribution is -0.143. The van der Waals surface area contributed by atoms with Gasteiger partial charge in [0.2, 0.25) is 0 Å². The molecule has 0 unspecified atom stereocenters. The van der Waals surface area contributed by atoms with Gasteiger partial charge in [-0.2, -0.15) is 0 Å². The average Bonchev–Trinajstić information content (AvgIpc) is 2.92. The number of piperidine rings is 1. The van der Waals surface area contributed by atoms with Gasteiger partial charge in [-0.1, -0.05) is 6.07 Å². The average molecular weight is 307 g/mol. The SMILES string of the molecule is O=C(O)C1CCN(C(=O)c2cc3c(F)cccc3s2)CC1. The molecule has 2 aromatic rings. The van der Waals surface area contributed by atoms with Crippen LogP contribution in [0, 0.1) is 11.7 Å². The summed E-state index contributed by atoms with van der Waals surface area (Å²) in [6.07, 6.45) is 0.945. The number of rotatable bonds is 2. The molecule has 0 spiro atoms. The third-order valence-electron chi connectivity index (χ3n) is 3.85. The lowest BCUT2D eigenvalue weighted by Crippen LogP contribution is -2.39. The molecular weight excluding hydrogens is 293 g/mol. The highest BCUT2D eigenvalue weighted by Gasteiger charge is 2.28. The molecule has 2 heterocycles. The van der Waals surface area contributed by atoms with Crippen LogP contribution in [0.2, 0.25) is 0 Å². The number of likely N-dealkylation sites (tertiary alicyclic amines) is 1. The van der Waals surface area contributed by atoms with Crippen LogP contribution in [0.5, 0.6) is 0 Å². The Morgan fingerprint density at radius 2 is 2.00 bits per heavy atom. The molecule has 1 amide bonds. The van der Waals surface area contributed by atoms with Gasteiger partial charge in [-0.15, -0.1) is 11.3 Å². The van der Waals surface area contributed by atoms with E-state index < -0.39 is 5.97 Å². The number of carboxylic acid groups (broad SMARTS) is 1. The summed E-state index contributed by atoms with van der Waals surface area (Å²) < 4.78 is 14.4. The highest BCUT2D eigenvalue weighted by molar-refractivity contribution is 7.20. The Bertz CT molecular complexity index is 704. The smallest absolute Gasteiger partial charge is 0.306 e. The van der Waals surface area contributed by atoms with Crippen LogP contribution in [-0.2, 0) is 4.79 Å². The van der Waals surface area contributed by atoms with Crippen molar-refractivity contribution < 1.29 is 19.1 Å². The third-order valence-corrected chi connectivity index (χ3v) is 4.94. The van der Waals surface area contributed by atoms with Crippen LogP contribution in [0.15, 0.2) is 24.3 Å². The van der Waals surface area contributed by atoms with E-state index in [9.17, 15) is 14.0 Å². The van der Waals surface area contributed by atoms with E-state index in [0.717, 1.165) is 4.70 Å². The lowest BCUT2D eigenvalue weighted by Gasteiger charge is -2.29. The number of carbonyl (C=O) groups excluding carboxylic acids is 1. The molecule has 4 nitrogen and oxygen atoms in total. The van der Waals surface area contributed by atoms with Crippen LogP contribution in [0.4, 0.5) is 4.39 Å². The fourth-order valence-corrected chi connectivity index (χ4v) is 3.66. The number of hydrogen-bond donors (Lipinski definition) is 1. The first-order valence-electron chi connectivity index (χ1n) is 6.76. The summed E-state index contributed by atoms with van der Waals surface area (Å²) in [5.41, 5.74) is 0. The van der Waals surface area contributed by atoms with Gasteiger partial charge in [0.15, 0.2) is 0 Å². The Morgan fingerprint density at radius 3 is 2.62 bits per heavy atom. The predicted molar refractivity (Wildman–Crippen MR) is 78.0 cm³/mol. The molecule has 0 atom stereocenters. The van der Waals surface area contributed by atoms with Gasteiger partial charge in [-0.25, -0.2) is 4.39 Å². The molecule has 0 saturated carbocycles. The summed E-state index contributed by atoms with van der Waals surface area (Å²) in [4.78, 5) is 25.5. The molecule has 0 aliphatic carbocycles. The second kappa shape index (κ2) is 5.44. The Balaban J connectivity index is 1.78. The van der Waals surface area contributed by atoms with Gasteiger partial charge in [0.25, 0.3) is 5.91 Å². The van der Waals surface area contributed by atoms with Crippen molar-refractivity contribution in [2.45, 2.75) is 12.8 Å². The van der Waals surface area contributed by atoms with Gasteiger partial charge in [-0.3, -0.25) is 9.59 Å². The van der Waals surface area contributed by atoms with Crippen molar-refractivity contribution >= 4 is 33.3 Å². The minimum Gasteiger partial charge on any atom is -0.481 e. The fourth-order valence-electron chi connectivity index (χ4n) is 2.62. The van der Waals surface area contributed by atoms with Crippen LogP contribution in [-0.4, -0.2) is 35.0 Å². The van der Waals surface area contributed by atoms with Crippen LogP contribution < -0.4 is 0 Å². The van der Waals surface area contributed by atoms with E-state index in [0.29, 0.717) is 36.2 Å². The highest BCUT2D eigenvalue weighted by Crippen LogP contribution is 2.29. The molecule has 6 heteroatoms. The zero-order chi connectivity index (χ0) is 15.0. The summed E-state index contributed by atoms with van der Waals surface area (Å²) >= 11 is 1.27. The molecule has 21 heavy (non-hydrogen) atoms. The Labute approximate surface area is 124 Å². The summed E-state index contributed by atoms with van der Waals surface area (Å²) in [7, 11) is 0. The number of amides is 1. The summed E-state index contributed by atoms with van der Waals surface area (Å²) in [6.45, 7) is 0.874. The quantitative estimate of drug-likeness (QED) is 0.928. The molecule has 0 bridgehead atoms. The van der Waals surface area contributed by atoms with Gasteiger partial charge in [0.1, 0.15) is 5.82 Å². The molecule has 1 fully saturated rings. The highest BCUT2D eigenvalue weighted by atomic mass is 32.1. The van der Waals surface area contributed by atoms with Crippen molar-refractivity contribution in [3.05, 3.63) is 35.0 Å². The molecular formula is C15H14FNO3S. The maximum Gasteiger partial charge on any atom is 0.306 e. The first-order chi connectivity index (χ1) is 10.1. The van der Waals surface area contributed by atoms with Crippen LogP contribution in [0.1, 0.15) is 22.5 Å². The van der Waals surface area contributed by atoms with Crippen molar-refractivity contribution in [1.82, 2.24) is 4.90 Å². The largest absolute Gasteiger partial charge is 0.481 e. The van der Waals surface area contributed by atoms with Crippen molar-refractivity contribution in [3.8, 4) is 0 Å². The second-order valence-corrected chi connectivity index (χ2v) is 6.25. The molecule has 0 radical (unpaired) electrons. The molecule has 110 valence electrons. The minimum absolute atomic E-state index is 0.139. The number of carboxylic acids is 1. The summed E-state index contributed by atoms with van der Waals surface area (Å²) in [6, 6.07) is 6.37. The normalized spacial score (nSPS) is 16.3. The minimum atomic E-state index is -0.800. The number of nitrogens with zero attached hydrogens (tertiary/aromatic N) is 1. The monoisotopic (exact) mass is 307 g/mol. The number of halogens is 1. The Morgan fingerprint density at radius 1 is 1.29 bits per heavy atom. The van der Waals surface area contributed by atoms with Crippen molar-refractivity contribution in [3.63, 3.8) is 0 Å². The van der Waals surface area contributed by atoms with Crippen molar-refractivity contribution in [1.29, 1.82) is 0 Å². The van der Waals surface area contributed by atoms with Crippen LogP contribution >= 0.6 is 11.3 Å². The van der Waals surface area contributed by atoms with Gasteiger partial charge in [-0.05, 0) is 31.0 Å². The molecule has 1 saturated heterocycles. The fraction of sp³-hybridized carbons (Fsp3) is 0.333. The van der Waals surface area contributed by atoms with Gasteiger partial charge in [0.05, 0.1) is 10.8 Å². The van der Waals surface area contributed by atoms with Crippen LogP contribution in [0.25, 0.3) is 10.1 Å². The first-order valence-corrected chi connectivity index (χ1v) is 7.58. The number of fused-ring (bicyclic) bond motifs is 1. The zero-order valence-electron chi connectivity index (χ0n) is 11.2. The van der Waals surface area contributed by atoms with Gasteiger partial charge in [0, 0.05) is 23.2 Å². The predicted octanol–water partition coefficient (Wildman–Crippen LogP) is 2.98. The van der Waals surface area contributed by atoms with Crippen LogP contribution in [0.3, 0.4) is 0 Å². The third kappa shape index (κ3) is 2.63. The number of carbonyl (C=O) groups is 2. The van der Waals surface area contributed by atoms with E-state index in [-0.39, 0.29) is 17.6 Å². The van der Waals surface area contributed by atoms with Crippen molar-refractivity contribution in [2.24, 2.45) is 5.92 Å². The number of aliphatic carboxylic acids is 1. The molecule has 1 aliphatic rings. The molecule has 1 aliphatic heterocycles. The topological polar surface area (TPSA) is 57.6 Å². The van der Waals surface area contributed by atoms with E-state index in [1.807, 2.05) is 0 Å². The Kier molecular flexibility index (Phi) is 3.63. The lowest BCUT2D eigenvalue weighted by atomic mass is 9.97. The first kappa shape index (κ1) is 14.0. The number of thiophene rings is 1. The van der Waals surface area contributed by atoms with E-state index in [1.165, 1.54) is 17.4 Å². The van der Waals surface area contributed by atoms with Gasteiger partial charge >= 0.3 is 5.97 Å². The maximum absolute atomic E-state index is 13.7. The summed E-state index contributed by atoms with van der Waals surface area (Å²) in [5, 5.41) is 9.43. The maximum atomic E-state index is 13.7. The molecule has 1 aromatic carbocycles. The second-order valence-electron chi connectivity index (χ2n) is 5.17. The standard InChI is InChI=1S/C15H14FNO3S/c16-11-2-1-3-12-10(11)8-13(21-12)14(18)17-6-4-9(5-7-17)15(19)20/h1-3,8-9H,4-7H2,(H,19,20). The van der Waals surface area contributed by atoms with E-state index in [4.69, 9.17) is 5.11 Å². The molecule has 3 rings (SSSR count). The van der Waals surface area contributed by atoms with Gasteiger partial charge < -0.3 is 10.0 Å². The van der Waals surface area contributed by atoms with E-state index >= 15 is 0 Å². The number of benzene rings is 1. The summed E-state index contributed by atoms with van der Waals surface area (Å²) in [5.74, 6) is -1.63. The Hall–Kier alpha value is -1.95.